The Morgan fingerprint density at radius 1 is 0.907 bits per heavy atom. The summed E-state index contributed by atoms with van der Waals surface area (Å²) in [5.74, 6) is -0.457. The molecule has 0 heterocycles. The lowest BCUT2D eigenvalue weighted by molar-refractivity contribution is -0.139. The van der Waals surface area contributed by atoms with Crippen molar-refractivity contribution in [2.45, 2.75) is 51.2 Å². The third-order valence-corrected chi connectivity index (χ3v) is 8.29. The maximum Gasteiger partial charge on any atom is 0.264 e. The Bertz CT molecular complexity index is 1500. The highest BCUT2D eigenvalue weighted by molar-refractivity contribution is 7.92. The number of carbonyl (C=O) groups excluding carboxylic acids is 2. The summed E-state index contributed by atoms with van der Waals surface area (Å²) >= 11 is 0. The summed E-state index contributed by atoms with van der Waals surface area (Å²) in [6, 6.07) is 14.8. The van der Waals surface area contributed by atoms with Crippen LogP contribution in [0.5, 0.6) is 17.2 Å². The number of benzene rings is 3. The summed E-state index contributed by atoms with van der Waals surface area (Å²) in [5, 5.41) is 2.79. The van der Waals surface area contributed by atoms with E-state index in [9.17, 15) is 22.4 Å². The number of anilines is 1. The summed E-state index contributed by atoms with van der Waals surface area (Å²) in [7, 11) is -1.53. The van der Waals surface area contributed by atoms with Crippen molar-refractivity contribution in [1.29, 1.82) is 0 Å². The zero-order valence-corrected chi connectivity index (χ0v) is 26.0. The highest BCUT2D eigenvalue weighted by Gasteiger charge is 2.33. The van der Waals surface area contributed by atoms with Gasteiger partial charge in [0.2, 0.25) is 11.8 Å². The molecular formula is C31H38FN3O7S. The first kappa shape index (κ1) is 33.2. The van der Waals surface area contributed by atoms with Crippen LogP contribution in [0.4, 0.5) is 10.1 Å². The normalized spacial score (nSPS) is 11.9. The molecule has 1 atom stereocenters. The Balaban J connectivity index is 2.08. The second kappa shape index (κ2) is 14.7. The summed E-state index contributed by atoms with van der Waals surface area (Å²) in [5.41, 5.74) is 0.766. The SMILES string of the molecule is CCOc1ccc(N(CC(=O)N(Cc2ccc(F)cc2)C(C)C(=O)NC(C)C)S(=O)(=O)c2ccc(OC)c(OC)c2)cc1. The first-order valence-electron chi connectivity index (χ1n) is 13.7. The molecule has 3 aromatic carbocycles. The van der Waals surface area contributed by atoms with E-state index < -0.39 is 40.2 Å². The predicted molar refractivity (Wildman–Crippen MR) is 161 cm³/mol. The van der Waals surface area contributed by atoms with Gasteiger partial charge in [-0.15, -0.1) is 0 Å². The van der Waals surface area contributed by atoms with Crippen LogP contribution in [0.1, 0.15) is 33.3 Å². The number of hydrogen-bond acceptors (Lipinski definition) is 7. The van der Waals surface area contributed by atoms with Gasteiger partial charge in [0.05, 0.1) is 31.4 Å². The van der Waals surface area contributed by atoms with Gasteiger partial charge < -0.3 is 24.4 Å². The van der Waals surface area contributed by atoms with Gasteiger partial charge in [-0.1, -0.05) is 12.1 Å². The first-order valence-corrected chi connectivity index (χ1v) is 15.2. The maximum atomic E-state index is 14.1. The lowest BCUT2D eigenvalue weighted by atomic mass is 10.1. The molecule has 0 fully saturated rings. The van der Waals surface area contributed by atoms with Gasteiger partial charge in [-0.05, 0) is 81.8 Å². The molecule has 0 saturated heterocycles. The number of ether oxygens (including phenoxy) is 3. The lowest BCUT2D eigenvalue weighted by Crippen LogP contribution is -2.52. The van der Waals surface area contributed by atoms with E-state index >= 15 is 0 Å². The molecule has 0 bridgehead atoms. The molecule has 2 amide bonds. The molecule has 3 aromatic rings. The quantitative estimate of drug-likeness (QED) is 0.286. The van der Waals surface area contributed by atoms with Crippen LogP contribution in [-0.2, 0) is 26.2 Å². The zero-order valence-electron chi connectivity index (χ0n) is 25.2. The molecular weight excluding hydrogens is 577 g/mol. The van der Waals surface area contributed by atoms with Gasteiger partial charge in [-0.2, -0.15) is 0 Å². The van der Waals surface area contributed by atoms with E-state index in [2.05, 4.69) is 5.32 Å². The van der Waals surface area contributed by atoms with Crippen LogP contribution < -0.4 is 23.8 Å². The third kappa shape index (κ3) is 8.38. The molecule has 10 nitrogen and oxygen atoms in total. The molecule has 43 heavy (non-hydrogen) atoms. The molecule has 12 heteroatoms. The summed E-state index contributed by atoms with van der Waals surface area (Å²) in [6.07, 6.45) is 0. The fourth-order valence-corrected chi connectivity index (χ4v) is 5.71. The topological polar surface area (TPSA) is 114 Å². The molecule has 0 aliphatic rings. The Morgan fingerprint density at radius 2 is 1.53 bits per heavy atom. The van der Waals surface area contributed by atoms with E-state index in [1.807, 2.05) is 6.92 Å². The standard InChI is InChI=1S/C31H38FN3O7S/c1-7-42-26-14-12-25(13-15-26)35(43(38,39)27-16-17-28(40-5)29(18-27)41-6)20-30(36)34(22(4)31(37)33-21(2)3)19-23-8-10-24(32)11-9-23/h8-18,21-22H,7,19-20H2,1-6H3,(H,33,37). The van der Waals surface area contributed by atoms with Crippen molar-refractivity contribution in [3.63, 3.8) is 0 Å². The summed E-state index contributed by atoms with van der Waals surface area (Å²) < 4.78 is 58.9. The minimum absolute atomic E-state index is 0.0562. The molecule has 0 saturated carbocycles. The predicted octanol–water partition coefficient (Wildman–Crippen LogP) is 4.38. The first-order chi connectivity index (χ1) is 20.4. The average Bonchev–Trinajstić information content (AvgIpc) is 2.98. The van der Waals surface area contributed by atoms with Gasteiger partial charge in [0, 0.05) is 18.7 Å². The van der Waals surface area contributed by atoms with Crippen LogP contribution in [0.25, 0.3) is 0 Å². The number of nitrogens with one attached hydrogen (secondary N) is 1. The minimum atomic E-state index is -4.35. The zero-order chi connectivity index (χ0) is 31.7. The Labute approximate surface area is 252 Å². The molecule has 1 unspecified atom stereocenters. The fraction of sp³-hybridized carbons (Fsp3) is 0.355. The smallest absolute Gasteiger partial charge is 0.264 e. The number of amides is 2. The summed E-state index contributed by atoms with van der Waals surface area (Å²) in [4.78, 5) is 28.1. The van der Waals surface area contributed by atoms with Crippen LogP contribution in [0, 0.1) is 5.82 Å². The van der Waals surface area contributed by atoms with E-state index in [1.165, 1.54) is 73.7 Å². The van der Waals surface area contributed by atoms with Gasteiger partial charge in [0.1, 0.15) is 24.2 Å². The Hall–Kier alpha value is -4.32. The molecule has 0 spiro atoms. The monoisotopic (exact) mass is 615 g/mol. The minimum Gasteiger partial charge on any atom is -0.494 e. The molecule has 0 radical (unpaired) electrons. The molecule has 0 aliphatic carbocycles. The van der Waals surface area contributed by atoms with Crippen LogP contribution in [0.2, 0.25) is 0 Å². The second-order valence-electron chi connectivity index (χ2n) is 9.94. The number of methoxy groups -OCH3 is 2. The Kier molecular flexibility index (Phi) is 11.4. The second-order valence-corrected chi connectivity index (χ2v) is 11.8. The van der Waals surface area contributed by atoms with Gasteiger partial charge in [0.15, 0.2) is 11.5 Å². The van der Waals surface area contributed by atoms with Gasteiger partial charge >= 0.3 is 0 Å². The molecule has 0 aliphatic heterocycles. The van der Waals surface area contributed by atoms with Gasteiger partial charge in [-0.3, -0.25) is 13.9 Å². The van der Waals surface area contributed by atoms with Crippen molar-refractivity contribution >= 4 is 27.5 Å². The number of halogens is 1. The van der Waals surface area contributed by atoms with Crippen molar-refractivity contribution in [3.05, 3.63) is 78.1 Å². The average molecular weight is 616 g/mol. The molecule has 0 aromatic heterocycles. The van der Waals surface area contributed by atoms with Gasteiger partial charge in [-0.25, -0.2) is 12.8 Å². The van der Waals surface area contributed by atoms with Crippen molar-refractivity contribution in [2.75, 3.05) is 31.7 Å². The van der Waals surface area contributed by atoms with E-state index in [0.717, 1.165) is 4.31 Å². The Morgan fingerprint density at radius 3 is 2.09 bits per heavy atom. The van der Waals surface area contributed by atoms with Crippen LogP contribution >= 0.6 is 0 Å². The highest BCUT2D eigenvalue weighted by atomic mass is 32.2. The highest BCUT2D eigenvalue weighted by Crippen LogP contribution is 2.33. The maximum absolute atomic E-state index is 14.1. The molecule has 232 valence electrons. The van der Waals surface area contributed by atoms with E-state index in [1.54, 1.807) is 32.9 Å². The number of hydrogen-bond donors (Lipinski definition) is 1. The van der Waals surface area contributed by atoms with Gasteiger partial charge in [0.25, 0.3) is 10.0 Å². The fourth-order valence-electron chi connectivity index (χ4n) is 4.28. The summed E-state index contributed by atoms with van der Waals surface area (Å²) in [6.45, 7) is 6.70. The molecule has 3 rings (SSSR count). The number of sulfonamides is 1. The third-order valence-electron chi connectivity index (χ3n) is 6.52. The van der Waals surface area contributed by atoms with E-state index in [0.29, 0.717) is 23.7 Å². The van der Waals surface area contributed by atoms with E-state index in [4.69, 9.17) is 14.2 Å². The van der Waals surface area contributed by atoms with Crippen LogP contribution in [0.3, 0.4) is 0 Å². The van der Waals surface area contributed by atoms with Crippen molar-refractivity contribution in [1.82, 2.24) is 10.2 Å². The van der Waals surface area contributed by atoms with Crippen molar-refractivity contribution in [3.8, 4) is 17.2 Å². The van der Waals surface area contributed by atoms with Crippen molar-refractivity contribution in [2.24, 2.45) is 0 Å². The van der Waals surface area contributed by atoms with Crippen molar-refractivity contribution < 1.29 is 36.6 Å². The largest absolute Gasteiger partial charge is 0.494 e. The number of nitrogens with zero attached hydrogens (tertiary/aromatic N) is 2. The number of carbonyl (C=O) groups is 2. The molecule has 1 N–H and O–H groups in total. The van der Waals surface area contributed by atoms with Crippen LogP contribution in [0.15, 0.2) is 71.6 Å². The van der Waals surface area contributed by atoms with E-state index in [-0.39, 0.29) is 28.9 Å². The van der Waals surface area contributed by atoms with Crippen LogP contribution in [-0.4, -0.2) is 64.6 Å². The number of rotatable bonds is 14. The lowest BCUT2D eigenvalue weighted by Gasteiger charge is -2.32.